The Hall–Kier alpha value is -3.45. The number of hydrogen-bond donors (Lipinski definition) is 2. The molecule has 0 saturated carbocycles. The Kier molecular flexibility index (Phi) is 5.48. The van der Waals surface area contributed by atoms with Gasteiger partial charge in [-0.2, -0.15) is 4.98 Å². The van der Waals surface area contributed by atoms with Gasteiger partial charge >= 0.3 is 0 Å². The van der Waals surface area contributed by atoms with Gasteiger partial charge in [-0.15, -0.1) is 5.10 Å². The van der Waals surface area contributed by atoms with Gasteiger partial charge in [0.2, 0.25) is 5.95 Å². The number of pyridine rings is 1. The van der Waals surface area contributed by atoms with E-state index in [0.717, 1.165) is 0 Å². The monoisotopic (exact) mass is 501 g/mol. The van der Waals surface area contributed by atoms with Crippen LogP contribution in [0.15, 0.2) is 24.4 Å². The summed E-state index contributed by atoms with van der Waals surface area (Å²) in [6, 6.07) is 4.36. The number of nitrogen functional groups attached to an aromatic ring is 1. The average Bonchev–Trinajstić information content (AvgIpc) is 3.35. The van der Waals surface area contributed by atoms with E-state index in [0.29, 0.717) is 53.5 Å². The Morgan fingerprint density at radius 3 is 2.75 bits per heavy atom. The van der Waals surface area contributed by atoms with Crippen molar-refractivity contribution in [2.24, 2.45) is 0 Å². The molecule has 36 heavy (non-hydrogen) atoms. The van der Waals surface area contributed by atoms with Crippen LogP contribution in [0.3, 0.4) is 0 Å². The van der Waals surface area contributed by atoms with Crippen molar-refractivity contribution >= 4 is 28.4 Å². The van der Waals surface area contributed by atoms with Gasteiger partial charge in [0.25, 0.3) is 5.92 Å². The lowest BCUT2D eigenvalue weighted by atomic mass is 9.98. The number of likely N-dealkylation sites (tertiary alicyclic amines) is 1. The van der Waals surface area contributed by atoms with Crippen LogP contribution in [0.5, 0.6) is 0 Å². The summed E-state index contributed by atoms with van der Waals surface area (Å²) in [5.74, 6) is -2.11. The molecule has 0 bridgehead atoms. The summed E-state index contributed by atoms with van der Waals surface area (Å²) in [5, 5.41) is 7.19. The molecule has 190 valence electrons. The van der Waals surface area contributed by atoms with Gasteiger partial charge in [-0.05, 0) is 31.5 Å². The molecule has 10 nitrogen and oxygen atoms in total. The van der Waals surface area contributed by atoms with Crippen LogP contribution < -0.4 is 11.1 Å². The zero-order chi connectivity index (χ0) is 25.0. The first kappa shape index (κ1) is 23.0. The number of halogens is 3. The molecular formula is C23H26F3N9O. The SMILES string of the molecule is Cc1nc2ccc(-c3ccn4nc(N[C@@H]5CCN(C6COC6)CC5(F)F)nc(N)c34)nc2n1CCF. The average molecular weight is 502 g/mol. The maximum Gasteiger partial charge on any atom is 0.280 e. The molecule has 0 aromatic carbocycles. The predicted molar refractivity (Wildman–Crippen MR) is 128 cm³/mol. The molecule has 6 heterocycles. The predicted octanol–water partition coefficient (Wildman–Crippen LogP) is 2.52. The summed E-state index contributed by atoms with van der Waals surface area (Å²) in [7, 11) is 0. The van der Waals surface area contributed by atoms with Gasteiger partial charge in [0.1, 0.15) is 23.5 Å². The van der Waals surface area contributed by atoms with Crippen molar-refractivity contribution in [2.75, 3.05) is 44.0 Å². The van der Waals surface area contributed by atoms with Crippen LogP contribution in [0.25, 0.3) is 27.9 Å². The second kappa shape index (κ2) is 8.59. The van der Waals surface area contributed by atoms with E-state index in [-0.39, 0.29) is 37.3 Å². The Balaban J connectivity index is 1.28. The minimum atomic E-state index is -2.96. The highest BCUT2D eigenvalue weighted by Crippen LogP contribution is 2.33. The van der Waals surface area contributed by atoms with Crippen molar-refractivity contribution in [1.82, 2.24) is 34.0 Å². The molecular weight excluding hydrogens is 475 g/mol. The van der Waals surface area contributed by atoms with Gasteiger partial charge < -0.3 is 20.4 Å². The van der Waals surface area contributed by atoms with Crippen LogP contribution in [0.1, 0.15) is 12.2 Å². The molecule has 0 radical (unpaired) electrons. The Morgan fingerprint density at radius 1 is 1.19 bits per heavy atom. The number of ether oxygens (including phenoxy) is 1. The first-order valence-electron chi connectivity index (χ1n) is 11.9. The molecule has 0 spiro atoms. The minimum absolute atomic E-state index is 0.0345. The second-order valence-electron chi connectivity index (χ2n) is 9.29. The minimum Gasteiger partial charge on any atom is -0.382 e. The van der Waals surface area contributed by atoms with Gasteiger partial charge in [-0.1, -0.05) is 0 Å². The van der Waals surface area contributed by atoms with Crippen molar-refractivity contribution in [3.05, 3.63) is 30.2 Å². The number of rotatable bonds is 6. The topological polar surface area (TPSA) is 111 Å². The van der Waals surface area contributed by atoms with Crippen molar-refractivity contribution in [2.45, 2.75) is 37.9 Å². The van der Waals surface area contributed by atoms with Crippen LogP contribution in [-0.4, -0.2) is 85.0 Å². The normalized spacial score (nSPS) is 20.7. The summed E-state index contributed by atoms with van der Waals surface area (Å²) < 4.78 is 51.2. The van der Waals surface area contributed by atoms with Crippen molar-refractivity contribution in [3.63, 3.8) is 0 Å². The van der Waals surface area contributed by atoms with Crippen LogP contribution in [0.2, 0.25) is 0 Å². The maximum atomic E-state index is 14.9. The Morgan fingerprint density at radius 2 is 2.03 bits per heavy atom. The zero-order valence-electron chi connectivity index (χ0n) is 19.7. The third kappa shape index (κ3) is 3.82. The second-order valence-corrected chi connectivity index (χ2v) is 9.29. The molecule has 2 aliphatic rings. The highest BCUT2D eigenvalue weighted by atomic mass is 19.3. The summed E-state index contributed by atoms with van der Waals surface area (Å²) in [5.41, 5.74) is 9.29. The number of aromatic nitrogens is 6. The summed E-state index contributed by atoms with van der Waals surface area (Å²) in [4.78, 5) is 15.2. The van der Waals surface area contributed by atoms with Crippen LogP contribution in [0, 0.1) is 6.92 Å². The molecule has 2 fully saturated rings. The number of alkyl halides is 3. The van der Waals surface area contributed by atoms with E-state index in [4.69, 9.17) is 15.5 Å². The molecule has 0 aliphatic carbocycles. The fourth-order valence-corrected chi connectivity index (χ4v) is 4.98. The van der Waals surface area contributed by atoms with Crippen LogP contribution >= 0.6 is 0 Å². The number of nitrogens with two attached hydrogens (primary N) is 1. The number of hydrogen-bond acceptors (Lipinski definition) is 8. The molecule has 2 aliphatic heterocycles. The van der Waals surface area contributed by atoms with Gasteiger partial charge in [-0.25, -0.2) is 27.7 Å². The van der Waals surface area contributed by atoms with Crippen molar-refractivity contribution in [3.8, 4) is 11.3 Å². The summed E-state index contributed by atoms with van der Waals surface area (Å²) in [6.07, 6.45) is 1.93. The van der Waals surface area contributed by atoms with Crippen LogP contribution in [-0.2, 0) is 11.3 Å². The quantitative estimate of drug-likeness (QED) is 0.415. The number of anilines is 2. The number of nitrogens with zero attached hydrogens (tertiary/aromatic N) is 7. The first-order valence-corrected chi connectivity index (χ1v) is 11.9. The Bertz CT molecular complexity index is 1430. The van der Waals surface area contributed by atoms with Gasteiger partial charge in [0, 0.05) is 18.3 Å². The molecule has 0 unspecified atom stereocenters. The number of piperidine rings is 1. The standard InChI is InChI=1S/C23H26F3N9O/c1-13-28-17-3-2-16(29-21(17)34(13)9-6-24)15-4-8-35-19(15)20(27)31-22(32-35)30-18-5-7-33(12-23(18,25)26)14-10-36-11-14/h2-4,8,14,18H,5-7,9-12H2,1H3,(H3,27,30,31,32)/t18-/m1/s1. The van der Waals surface area contributed by atoms with E-state index >= 15 is 0 Å². The molecule has 0 amide bonds. The van der Waals surface area contributed by atoms with Crippen LogP contribution in [0.4, 0.5) is 24.9 Å². The van der Waals surface area contributed by atoms with Gasteiger partial charge in [0.05, 0.1) is 44.1 Å². The summed E-state index contributed by atoms with van der Waals surface area (Å²) >= 11 is 0. The number of fused-ring (bicyclic) bond motifs is 2. The molecule has 3 N–H and O–H groups in total. The molecule has 6 rings (SSSR count). The largest absolute Gasteiger partial charge is 0.382 e. The molecule has 1 atom stereocenters. The fraction of sp³-hybridized carbons (Fsp3) is 0.478. The van der Waals surface area contributed by atoms with E-state index in [1.54, 1.807) is 34.7 Å². The Labute approximate surface area is 204 Å². The van der Waals surface area contributed by atoms with E-state index in [2.05, 4.69) is 20.4 Å². The lowest BCUT2D eigenvalue weighted by Gasteiger charge is -2.44. The van der Waals surface area contributed by atoms with E-state index in [9.17, 15) is 13.2 Å². The van der Waals surface area contributed by atoms with Crippen molar-refractivity contribution < 1.29 is 17.9 Å². The van der Waals surface area contributed by atoms with Gasteiger partial charge in [-0.3, -0.25) is 4.90 Å². The van der Waals surface area contributed by atoms with Crippen molar-refractivity contribution in [1.29, 1.82) is 0 Å². The lowest BCUT2D eigenvalue weighted by Crippen LogP contribution is -2.61. The summed E-state index contributed by atoms with van der Waals surface area (Å²) in [6.45, 7) is 2.64. The highest BCUT2D eigenvalue weighted by molar-refractivity contribution is 5.88. The van der Waals surface area contributed by atoms with E-state index in [1.807, 2.05) is 6.07 Å². The maximum absolute atomic E-state index is 14.9. The highest BCUT2D eigenvalue weighted by Gasteiger charge is 2.47. The molecule has 13 heteroatoms. The fourth-order valence-electron chi connectivity index (χ4n) is 4.98. The van der Waals surface area contributed by atoms with Gasteiger partial charge in [0.15, 0.2) is 11.5 Å². The molecule has 4 aromatic heterocycles. The number of nitrogens with one attached hydrogen (secondary N) is 1. The third-order valence-corrected chi connectivity index (χ3v) is 6.97. The first-order chi connectivity index (χ1) is 17.3. The number of imidazole rings is 1. The van der Waals surface area contributed by atoms with E-state index < -0.39 is 18.6 Å². The number of aryl methyl sites for hydroxylation is 2. The van der Waals surface area contributed by atoms with E-state index in [1.165, 1.54) is 4.52 Å². The molecule has 4 aromatic rings. The third-order valence-electron chi connectivity index (χ3n) is 6.97. The lowest BCUT2D eigenvalue weighted by molar-refractivity contribution is -0.131. The zero-order valence-corrected chi connectivity index (χ0v) is 19.7. The smallest absolute Gasteiger partial charge is 0.280 e. The molecule has 2 saturated heterocycles.